The summed E-state index contributed by atoms with van der Waals surface area (Å²) >= 11 is 0. The average molecular weight is 875 g/mol. The lowest BCUT2D eigenvalue weighted by molar-refractivity contribution is -0.870. The fourth-order valence-electron chi connectivity index (χ4n) is 6.21. The minimum atomic E-state index is -4.30. The monoisotopic (exact) mass is 875 g/mol. The molecule has 0 saturated heterocycles. The van der Waals surface area contributed by atoms with E-state index in [0.29, 0.717) is 24.1 Å². The van der Waals surface area contributed by atoms with E-state index < -0.39 is 13.9 Å². The lowest BCUT2D eigenvalue weighted by Crippen LogP contribution is -2.37. The number of rotatable bonds is 44. The summed E-state index contributed by atoms with van der Waals surface area (Å²) < 4.78 is 35.0. The number of ether oxygens (including phenoxy) is 2. The molecule has 0 saturated carbocycles. The zero-order valence-corrected chi connectivity index (χ0v) is 40.8. The Balaban J connectivity index is 4.30. The number of phosphoric ester groups is 1. The van der Waals surface area contributed by atoms with Crippen molar-refractivity contribution in [3.8, 4) is 0 Å². The molecule has 61 heavy (non-hydrogen) atoms. The van der Waals surface area contributed by atoms with Gasteiger partial charge in [0, 0.05) is 13.0 Å². The number of esters is 1. The number of phosphoric acid groups is 1. The number of unbranched alkanes of at least 4 members (excludes halogenated alkanes) is 16. The topological polar surface area (TPSA) is 91.3 Å². The molecular weight excluding hydrogens is 782 g/mol. The third-order valence-electron chi connectivity index (χ3n) is 9.94. The fraction of sp³-hybridized carbons (Fsp3) is 0.712. The molecule has 2 unspecified atom stereocenters. The molecule has 0 fully saturated rings. The summed E-state index contributed by atoms with van der Waals surface area (Å²) in [5.74, 6) is -0.338. The van der Waals surface area contributed by atoms with E-state index in [9.17, 15) is 14.3 Å². The van der Waals surface area contributed by atoms with E-state index in [2.05, 4.69) is 98.9 Å². The van der Waals surface area contributed by atoms with Crippen molar-refractivity contribution in [2.75, 3.05) is 54.1 Å². The number of nitrogens with zero attached hydrogens (tertiary/aromatic N) is 1. The molecule has 9 heteroatoms. The molecule has 0 heterocycles. The predicted molar refractivity (Wildman–Crippen MR) is 261 cm³/mol. The highest BCUT2D eigenvalue weighted by Gasteiger charge is 2.26. The molecule has 0 rings (SSSR count). The zero-order valence-electron chi connectivity index (χ0n) is 39.9. The van der Waals surface area contributed by atoms with Crippen molar-refractivity contribution < 1.29 is 37.3 Å². The van der Waals surface area contributed by atoms with Gasteiger partial charge in [-0.2, -0.15) is 0 Å². The largest absolute Gasteiger partial charge is 0.472 e. The van der Waals surface area contributed by atoms with Crippen LogP contribution in [-0.4, -0.2) is 75.6 Å². The summed E-state index contributed by atoms with van der Waals surface area (Å²) in [7, 11) is 1.62. The van der Waals surface area contributed by atoms with Gasteiger partial charge in [-0.15, -0.1) is 0 Å². The third-order valence-corrected chi connectivity index (χ3v) is 10.9. The van der Waals surface area contributed by atoms with E-state index in [0.717, 1.165) is 70.6 Å². The molecule has 0 aliphatic heterocycles. The van der Waals surface area contributed by atoms with Crippen LogP contribution in [0, 0.1) is 0 Å². The fourth-order valence-corrected chi connectivity index (χ4v) is 6.95. The van der Waals surface area contributed by atoms with Crippen LogP contribution >= 0.6 is 7.82 Å². The van der Waals surface area contributed by atoms with Crippen molar-refractivity contribution in [1.29, 1.82) is 0 Å². The predicted octanol–water partition coefficient (Wildman–Crippen LogP) is 14.8. The Morgan fingerprint density at radius 3 is 1.44 bits per heavy atom. The van der Waals surface area contributed by atoms with Crippen molar-refractivity contribution >= 4 is 13.8 Å². The number of allylic oxidation sites excluding steroid dienone is 14. The Bertz CT molecular complexity index is 1250. The van der Waals surface area contributed by atoms with Crippen molar-refractivity contribution in [2.45, 2.75) is 187 Å². The molecule has 0 aromatic heterocycles. The van der Waals surface area contributed by atoms with Crippen molar-refractivity contribution in [3.05, 3.63) is 85.1 Å². The number of carbonyl (C=O) groups excluding carboxylic acids is 1. The molecule has 0 aliphatic carbocycles. The van der Waals surface area contributed by atoms with E-state index >= 15 is 0 Å². The number of hydrogen-bond donors (Lipinski definition) is 1. The van der Waals surface area contributed by atoms with Crippen LogP contribution in [0.25, 0.3) is 0 Å². The Kier molecular flexibility index (Phi) is 42.6. The average Bonchev–Trinajstić information content (AvgIpc) is 3.22. The maximum absolute atomic E-state index is 12.7. The Hall–Kier alpha value is -2.32. The van der Waals surface area contributed by atoms with Crippen LogP contribution < -0.4 is 0 Å². The Morgan fingerprint density at radius 2 is 0.951 bits per heavy atom. The number of hydrogen-bond acceptors (Lipinski definition) is 6. The first-order valence-corrected chi connectivity index (χ1v) is 25.8. The molecule has 0 bridgehead atoms. The van der Waals surface area contributed by atoms with Gasteiger partial charge >= 0.3 is 13.8 Å². The van der Waals surface area contributed by atoms with Crippen LogP contribution in [0.4, 0.5) is 0 Å². The minimum Gasteiger partial charge on any atom is -0.457 e. The van der Waals surface area contributed by atoms with Gasteiger partial charge in [-0.3, -0.25) is 13.8 Å². The van der Waals surface area contributed by atoms with Crippen molar-refractivity contribution in [3.63, 3.8) is 0 Å². The van der Waals surface area contributed by atoms with Gasteiger partial charge in [0.05, 0.1) is 34.4 Å². The van der Waals surface area contributed by atoms with Gasteiger partial charge in [0.1, 0.15) is 19.3 Å². The SMILES string of the molecule is CC/C=C\C/C=C\C/C=C\C/C=C\C/C=C\C/C=C\CCCOCC(COP(=O)(O)OCC[N+](C)(C)C)OC(=O)CCCCCCCCCCC/C=C\CCCCCCCC. The van der Waals surface area contributed by atoms with E-state index in [-0.39, 0.29) is 25.8 Å². The molecule has 8 nitrogen and oxygen atoms in total. The van der Waals surface area contributed by atoms with Crippen LogP contribution in [0.1, 0.15) is 181 Å². The van der Waals surface area contributed by atoms with Crippen LogP contribution in [0.5, 0.6) is 0 Å². The second-order valence-corrected chi connectivity index (χ2v) is 18.6. The molecule has 0 radical (unpaired) electrons. The van der Waals surface area contributed by atoms with E-state index in [1.54, 1.807) is 0 Å². The smallest absolute Gasteiger partial charge is 0.457 e. The normalized spacial score (nSPS) is 14.4. The standard InChI is InChI=1S/C52H92NO7P/c1-6-8-10-12-14-16-18-20-22-24-26-28-30-32-34-36-38-40-42-44-47-57-49-51(50-59-61(55,56)58-48-46-53(3,4)5)60-52(54)45-43-41-39-37-35-33-31-29-27-25-23-21-19-17-15-13-11-9-7-2/h8,10,14,16,20-23,26,28,32,34,38,40,51H,6-7,9,11-13,15,17-19,24-25,27,29-31,33,35-37,39,41-50H2,1-5H3/p+1/b10-8-,16-14-,22-20-,23-21-,28-26-,34-32-,40-38-. The number of likely N-dealkylation sites (N-methyl/N-ethyl adjacent to an activating group) is 1. The Morgan fingerprint density at radius 1 is 0.525 bits per heavy atom. The summed E-state index contributed by atoms with van der Waals surface area (Å²) in [6.07, 6.45) is 59.2. The van der Waals surface area contributed by atoms with Gasteiger partial charge in [0.15, 0.2) is 0 Å². The highest BCUT2D eigenvalue weighted by atomic mass is 31.2. The van der Waals surface area contributed by atoms with Crippen molar-refractivity contribution in [2.24, 2.45) is 0 Å². The van der Waals surface area contributed by atoms with Gasteiger partial charge in [0.25, 0.3) is 0 Å². The lowest BCUT2D eigenvalue weighted by atomic mass is 10.1. The number of carbonyl (C=O) groups is 1. The molecule has 0 aliphatic rings. The quantitative estimate of drug-likeness (QED) is 0.0214. The summed E-state index contributed by atoms with van der Waals surface area (Å²) in [4.78, 5) is 23.0. The minimum absolute atomic E-state index is 0.0732. The summed E-state index contributed by atoms with van der Waals surface area (Å²) in [6, 6.07) is 0. The Labute approximate surface area is 375 Å². The van der Waals surface area contributed by atoms with Crippen LogP contribution in [0.2, 0.25) is 0 Å². The van der Waals surface area contributed by atoms with Gasteiger partial charge in [-0.25, -0.2) is 4.57 Å². The number of quaternary nitrogens is 1. The zero-order chi connectivity index (χ0) is 44.8. The molecule has 0 aromatic carbocycles. The second-order valence-electron chi connectivity index (χ2n) is 17.1. The highest BCUT2D eigenvalue weighted by molar-refractivity contribution is 7.47. The molecule has 0 spiro atoms. The second kappa shape index (κ2) is 44.3. The molecular formula is C52H93NO7P+. The summed E-state index contributed by atoms with van der Waals surface area (Å²) in [6.45, 7) is 5.33. The van der Waals surface area contributed by atoms with Gasteiger partial charge < -0.3 is 18.9 Å². The molecule has 0 aromatic rings. The molecule has 2 atom stereocenters. The van der Waals surface area contributed by atoms with Gasteiger partial charge in [-0.05, 0) is 83.5 Å². The van der Waals surface area contributed by atoms with Gasteiger partial charge in [-0.1, -0.05) is 176 Å². The van der Waals surface area contributed by atoms with Crippen LogP contribution in [0.3, 0.4) is 0 Å². The molecule has 352 valence electrons. The highest BCUT2D eigenvalue weighted by Crippen LogP contribution is 2.43. The summed E-state index contributed by atoms with van der Waals surface area (Å²) in [5, 5.41) is 0. The molecule has 1 N–H and O–H groups in total. The maximum Gasteiger partial charge on any atom is 0.472 e. The first-order valence-electron chi connectivity index (χ1n) is 24.3. The third kappa shape index (κ3) is 48.6. The first kappa shape index (κ1) is 58.7. The van der Waals surface area contributed by atoms with Crippen LogP contribution in [0.15, 0.2) is 85.1 Å². The van der Waals surface area contributed by atoms with E-state index in [1.165, 1.54) is 89.9 Å². The van der Waals surface area contributed by atoms with Crippen molar-refractivity contribution in [1.82, 2.24) is 0 Å². The van der Waals surface area contributed by atoms with E-state index in [4.69, 9.17) is 18.5 Å². The van der Waals surface area contributed by atoms with E-state index in [1.807, 2.05) is 21.1 Å². The maximum atomic E-state index is 12.7. The molecule has 0 amide bonds. The van der Waals surface area contributed by atoms with Gasteiger partial charge in [0.2, 0.25) is 0 Å². The lowest BCUT2D eigenvalue weighted by Gasteiger charge is -2.24. The summed E-state index contributed by atoms with van der Waals surface area (Å²) in [5.41, 5.74) is 0. The van der Waals surface area contributed by atoms with Crippen LogP contribution in [-0.2, 0) is 27.9 Å². The first-order chi connectivity index (χ1) is 29.6.